The van der Waals surface area contributed by atoms with Gasteiger partial charge in [0.2, 0.25) is 5.91 Å². The minimum atomic E-state index is -0.334. The van der Waals surface area contributed by atoms with Crippen molar-refractivity contribution in [3.05, 3.63) is 101 Å². The Morgan fingerprint density at radius 3 is 2.07 bits per heavy atom. The van der Waals surface area contributed by atoms with Crippen molar-refractivity contribution >= 4 is 11.6 Å². The second kappa shape index (κ2) is 8.49. The third-order valence-corrected chi connectivity index (χ3v) is 4.55. The summed E-state index contributed by atoms with van der Waals surface area (Å²) in [5.41, 5.74) is 4.96. The molecule has 0 heterocycles. The molecule has 1 atom stereocenters. The standard InChI is InChI=1S/C23H23FN2O/c1-16-7-6-8-17(2)22(16)25-15-21(27)26-23(18-9-4-3-5-10-18)19-11-13-20(24)14-12-19/h3-14,23,25H,15H2,1-2H3,(H,26,27). The molecule has 0 spiro atoms. The van der Waals surface area contributed by atoms with Crippen molar-refractivity contribution in [1.29, 1.82) is 0 Å². The molecule has 0 bridgehead atoms. The molecule has 1 amide bonds. The topological polar surface area (TPSA) is 41.1 Å². The third-order valence-electron chi connectivity index (χ3n) is 4.55. The number of rotatable bonds is 6. The lowest BCUT2D eigenvalue weighted by atomic mass is 9.98. The first kappa shape index (κ1) is 18.6. The van der Waals surface area contributed by atoms with Crippen LogP contribution in [0.4, 0.5) is 10.1 Å². The predicted octanol–water partition coefficient (Wildman–Crippen LogP) is 4.76. The highest BCUT2D eigenvalue weighted by Gasteiger charge is 2.17. The van der Waals surface area contributed by atoms with Gasteiger partial charge in [-0.3, -0.25) is 4.79 Å². The second-order valence-corrected chi connectivity index (χ2v) is 6.58. The minimum absolute atomic E-state index is 0.129. The molecule has 0 saturated carbocycles. The van der Waals surface area contributed by atoms with Crippen molar-refractivity contribution < 1.29 is 9.18 Å². The molecule has 3 rings (SSSR count). The van der Waals surface area contributed by atoms with Crippen LogP contribution in [-0.4, -0.2) is 12.5 Å². The molecule has 0 aromatic heterocycles. The molecule has 1 unspecified atom stereocenters. The molecule has 0 aliphatic heterocycles. The summed E-state index contributed by atoms with van der Waals surface area (Å²) in [5, 5.41) is 6.28. The summed E-state index contributed by atoms with van der Waals surface area (Å²) in [4.78, 5) is 12.6. The van der Waals surface area contributed by atoms with Gasteiger partial charge >= 0.3 is 0 Å². The fraction of sp³-hybridized carbons (Fsp3) is 0.174. The quantitative estimate of drug-likeness (QED) is 0.664. The van der Waals surface area contributed by atoms with Crippen molar-refractivity contribution in [2.45, 2.75) is 19.9 Å². The minimum Gasteiger partial charge on any atom is -0.376 e. The first-order valence-corrected chi connectivity index (χ1v) is 8.94. The summed E-state index contributed by atoms with van der Waals surface area (Å²) in [6.07, 6.45) is 0. The molecule has 3 aromatic rings. The van der Waals surface area contributed by atoms with Crippen LogP contribution >= 0.6 is 0 Å². The van der Waals surface area contributed by atoms with Gasteiger partial charge in [-0.2, -0.15) is 0 Å². The number of aryl methyl sites for hydroxylation is 2. The molecule has 0 fully saturated rings. The molecule has 3 nitrogen and oxygen atoms in total. The van der Waals surface area contributed by atoms with Crippen LogP contribution in [0.1, 0.15) is 28.3 Å². The molecule has 0 aliphatic carbocycles. The number of carbonyl (C=O) groups excluding carboxylic acids is 1. The molecule has 0 radical (unpaired) electrons. The number of hydrogen-bond donors (Lipinski definition) is 2. The van der Waals surface area contributed by atoms with Crippen molar-refractivity contribution in [1.82, 2.24) is 5.32 Å². The Hall–Kier alpha value is -3.14. The Kier molecular flexibility index (Phi) is 5.87. The maximum atomic E-state index is 13.3. The smallest absolute Gasteiger partial charge is 0.240 e. The monoisotopic (exact) mass is 362 g/mol. The predicted molar refractivity (Wildman–Crippen MR) is 107 cm³/mol. The van der Waals surface area contributed by atoms with Crippen molar-refractivity contribution in [2.75, 3.05) is 11.9 Å². The van der Waals surface area contributed by atoms with E-state index in [1.807, 2.05) is 62.4 Å². The average molecular weight is 362 g/mol. The molecule has 2 N–H and O–H groups in total. The summed E-state index contributed by atoms with van der Waals surface area (Å²) in [5.74, 6) is -0.426. The Morgan fingerprint density at radius 1 is 0.852 bits per heavy atom. The Bertz CT molecular complexity index is 887. The van der Waals surface area contributed by atoms with Crippen LogP contribution < -0.4 is 10.6 Å². The highest BCUT2D eigenvalue weighted by molar-refractivity contribution is 5.82. The number of anilines is 1. The summed E-state index contributed by atoms with van der Waals surface area (Å²) >= 11 is 0. The second-order valence-electron chi connectivity index (χ2n) is 6.58. The van der Waals surface area contributed by atoms with Gasteiger partial charge in [0, 0.05) is 5.69 Å². The van der Waals surface area contributed by atoms with Crippen LogP contribution in [0.5, 0.6) is 0 Å². The maximum absolute atomic E-state index is 13.3. The van der Waals surface area contributed by atoms with Crippen LogP contribution in [0.2, 0.25) is 0 Å². The number of halogens is 1. The van der Waals surface area contributed by atoms with E-state index in [0.29, 0.717) is 0 Å². The molecular weight excluding hydrogens is 339 g/mol. The van der Waals surface area contributed by atoms with E-state index >= 15 is 0 Å². The molecule has 0 aliphatic rings. The number of nitrogens with one attached hydrogen (secondary N) is 2. The lowest BCUT2D eigenvalue weighted by molar-refractivity contribution is -0.119. The normalized spacial score (nSPS) is 11.7. The van der Waals surface area contributed by atoms with Crippen molar-refractivity contribution in [3.63, 3.8) is 0 Å². The van der Waals surface area contributed by atoms with Crippen LogP contribution in [0.25, 0.3) is 0 Å². The SMILES string of the molecule is Cc1cccc(C)c1NCC(=O)NC(c1ccccc1)c1ccc(F)cc1. The van der Waals surface area contributed by atoms with Crippen LogP contribution in [-0.2, 0) is 4.79 Å². The van der Waals surface area contributed by atoms with Gasteiger partial charge < -0.3 is 10.6 Å². The molecule has 4 heteroatoms. The van der Waals surface area contributed by atoms with Gasteiger partial charge in [0.1, 0.15) is 5.82 Å². The summed E-state index contributed by atoms with van der Waals surface area (Å²) in [7, 11) is 0. The summed E-state index contributed by atoms with van der Waals surface area (Å²) in [6, 6.07) is 21.6. The van der Waals surface area contributed by atoms with Gasteiger partial charge in [0.25, 0.3) is 0 Å². The maximum Gasteiger partial charge on any atom is 0.240 e. The zero-order valence-electron chi connectivity index (χ0n) is 15.5. The fourth-order valence-electron chi connectivity index (χ4n) is 3.13. The van der Waals surface area contributed by atoms with Crippen molar-refractivity contribution in [3.8, 4) is 0 Å². The molecule has 27 heavy (non-hydrogen) atoms. The van der Waals surface area contributed by atoms with E-state index in [1.54, 1.807) is 12.1 Å². The van der Waals surface area contributed by atoms with E-state index in [1.165, 1.54) is 12.1 Å². The average Bonchev–Trinajstić information content (AvgIpc) is 2.67. The van der Waals surface area contributed by atoms with E-state index in [4.69, 9.17) is 0 Å². The van der Waals surface area contributed by atoms with E-state index in [0.717, 1.165) is 27.9 Å². The van der Waals surface area contributed by atoms with Gasteiger partial charge in [-0.15, -0.1) is 0 Å². The number of hydrogen-bond acceptors (Lipinski definition) is 2. The molecule has 138 valence electrons. The van der Waals surface area contributed by atoms with E-state index < -0.39 is 0 Å². The molecule has 0 saturated heterocycles. The number of benzene rings is 3. The Balaban J connectivity index is 1.76. The first-order chi connectivity index (χ1) is 13.0. The van der Waals surface area contributed by atoms with E-state index in [2.05, 4.69) is 10.6 Å². The largest absolute Gasteiger partial charge is 0.376 e. The fourth-order valence-corrected chi connectivity index (χ4v) is 3.13. The molecule has 3 aromatic carbocycles. The highest BCUT2D eigenvalue weighted by atomic mass is 19.1. The lowest BCUT2D eigenvalue weighted by Gasteiger charge is -2.21. The zero-order chi connectivity index (χ0) is 19.2. The van der Waals surface area contributed by atoms with Gasteiger partial charge in [0.05, 0.1) is 12.6 Å². The number of para-hydroxylation sites is 1. The van der Waals surface area contributed by atoms with Gasteiger partial charge in [-0.25, -0.2) is 4.39 Å². The van der Waals surface area contributed by atoms with Crippen LogP contribution in [0.3, 0.4) is 0 Å². The zero-order valence-corrected chi connectivity index (χ0v) is 15.5. The van der Waals surface area contributed by atoms with E-state index in [-0.39, 0.29) is 24.3 Å². The van der Waals surface area contributed by atoms with Crippen LogP contribution in [0.15, 0.2) is 72.8 Å². The van der Waals surface area contributed by atoms with Crippen LogP contribution in [0, 0.1) is 19.7 Å². The lowest BCUT2D eigenvalue weighted by Crippen LogP contribution is -2.34. The Labute approximate surface area is 159 Å². The molecular formula is C23H23FN2O. The van der Waals surface area contributed by atoms with Gasteiger partial charge in [-0.1, -0.05) is 60.7 Å². The summed E-state index contributed by atoms with van der Waals surface area (Å²) in [6.45, 7) is 4.19. The van der Waals surface area contributed by atoms with Gasteiger partial charge in [0.15, 0.2) is 0 Å². The Morgan fingerprint density at radius 2 is 1.44 bits per heavy atom. The third kappa shape index (κ3) is 4.73. The summed E-state index contributed by atoms with van der Waals surface area (Å²) < 4.78 is 13.3. The number of carbonyl (C=O) groups is 1. The van der Waals surface area contributed by atoms with Crippen molar-refractivity contribution in [2.24, 2.45) is 0 Å². The van der Waals surface area contributed by atoms with Gasteiger partial charge in [-0.05, 0) is 48.2 Å². The number of amides is 1. The van der Waals surface area contributed by atoms with E-state index in [9.17, 15) is 9.18 Å². The highest BCUT2D eigenvalue weighted by Crippen LogP contribution is 2.23. The first-order valence-electron chi connectivity index (χ1n) is 8.94.